The fourth-order valence-electron chi connectivity index (χ4n) is 2.49. The van der Waals surface area contributed by atoms with Gasteiger partial charge in [0.1, 0.15) is 0 Å². The number of aromatic nitrogens is 2. The van der Waals surface area contributed by atoms with E-state index in [4.69, 9.17) is 0 Å². The number of anilines is 4. The van der Waals surface area contributed by atoms with Crippen molar-refractivity contribution in [1.82, 2.24) is 9.97 Å². The summed E-state index contributed by atoms with van der Waals surface area (Å²) in [6.45, 7) is 0. The summed E-state index contributed by atoms with van der Waals surface area (Å²) in [5.41, 5.74) is 5.02. The molecule has 0 atom stereocenters. The minimum Gasteiger partial charge on any atom is -0.355 e. The molecule has 0 saturated heterocycles. The van der Waals surface area contributed by atoms with Crippen LogP contribution in [0.2, 0.25) is 0 Å². The van der Waals surface area contributed by atoms with E-state index in [1.165, 1.54) is 0 Å². The largest absolute Gasteiger partial charge is 0.355 e. The third kappa shape index (κ3) is 3.01. The standard InChI is InChI=1S/C19H16N4/c1-3-7-14(8-4-1)20-16-11-12-17-18(13-16)23-19(22-17)21-15-9-5-2-6-10-15/h1-13,20H,(H2,21,22,23). The Morgan fingerprint density at radius 3 is 2.00 bits per heavy atom. The topological polar surface area (TPSA) is 52.7 Å². The van der Waals surface area contributed by atoms with Gasteiger partial charge in [-0.25, -0.2) is 4.98 Å². The van der Waals surface area contributed by atoms with Crippen LogP contribution in [-0.4, -0.2) is 9.97 Å². The number of nitrogens with one attached hydrogen (secondary N) is 3. The molecule has 1 heterocycles. The van der Waals surface area contributed by atoms with Gasteiger partial charge in [0.05, 0.1) is 11.0 Å². The summed E-state index contributed by atoms with van der Waals surface area (Å²) < 4.78 is 0. The van der Waals surface area contributed by atoms with Gasteiger partial charge in [-0.2, -0.15) is 0 Å². The summed E-state index contributed by atoms with van der Waals surface area (Å²) >= 11 is 0. The molecule has 23 heavy (non-hydrogen) atoms. The fraction of sp³-hybridized carbons (Fsp3) is 0. The summed E-state index contributed by atoms with van der Waals surface area (Å²) in [6.07, 6.45) is 0. The Morgan fingerprint density at radius 1 is 0.652 bits per heavy atom. The van der Waals surface area contributed by atoms with Crippen LogP contribution in [-0.2, 0) is 0 Å². The Morgan fingerprint density at radius 2 is 1.30 bits per heavy atom. The lowest BCUT2D eigenvalue weighted by Gasteiger charge is -2.05. The maximum absolute atomic E-state index is 4.56. The molecule has 0 fully saturated rings. The molecule has 0 aliphatic rings. The van der Waals surface area contributed by atoms with Crippen molar-refractivity contribution in [2.45, 2.75) is 0 Å². The van der Waals surface area contributed by atoms with E-state index in [0.717, 1.165) is 34.0 Å². The summed E-state index contributed by atoms with van der Waals surface area (Å²) in [5, 5.41) is 6.66. The van der Waals surface area contributed by atoms with Gasteiger partial charge in [0.2, 0.25) is 5.95 Å². The molecular weight excluding hydrogens is 284 g/mol. The molecule has 0 bridgehead atoms. The van der Waals surface area contributed by atoms with Gasteiger partial charge in [-0.1, -0.05) is 36.4 Å². The monoisotopic (exact) mass is 300 g/mol. The number of imidazole rings is 1. The Hall–Kier alpha value is -3.27. The molecule has 0 radical (unpaired) electrons. The number of rotatable bonds is 4. The SMILES string of the molecule is c1ccc(Nc2ccc3nc(Nc4ccccc4)[nH]c3c2)cc1. The molecule has 0 spiro atoms. The van der Waals surface area contributed by atoms with Crippen LogP contribution in [0.5, 0.6) is 0 Å². The van der Waals surface area contributed by atoms with Gasteiger partial charge in [0.25, 0.3) is 0 Å². The molecule has 4 aromatic rings. The molecule has 0 saturated carbocycles. The zero-order valence-electron chi connectivity index (χ0n) is 12.5. The number of para-hydroxylation sites is 2. The summed E-state index contributed by atoms with van der Waals surface area (Å²) in [4.78, 5) is 7.87. The van der Waals surface area contributed by atoms with Crippen LogP contribution in [0.1, 0.15) is 0 Å². The van der Waals surface area contributed by atoms with Crippen molar-refractivity contribution in [2.75, 3.05) is 10.6 Å². The molecule has 112 valence electrons. The molecular formula is C19H16N4. The number of H-pyrrole nitrogens is 1. The zero-order chi connectivity index (χ0) is 15.5. The van der Waals surface area contributed by atoms with Crippen LogP contribution < -0.4 is 10.6 Å². The highest BCUT2D eigenvalue weighted by atomic mass is 15.1. The third-order valence-corrected chi connectivity index (χ3v) is 3.58. The molecule has 3 N–H and O–H groups in total. The van der Waals surface area contributed by atoms with Crippen LogP contribution in [0.4, 0.5) is 23.0 Å². The number of hydrogen-bond donors (Lipinski definition) is 3. The van der Waals surface area contributed by atoms with Crippen molar-refractivity contribution >= 4 is 34.0 Å². The summed E-state index contributed by atoms with van der Waals surface area (Å²) in [6, 6.07) is 26.2. The molecule has 0 unspecified atom stereocenters. The number of fused-ring (bicyclic) bond motifs is 1. The molecule has 1 aromatic heterocycles. The smallest absolute Gasteiger partial charge is 0.205 e. The Labute approximate surface area is 134 Å². The zero-order valence-corrected chi connectivity index (χ0v) is 12.5. The Balaban J connectivity index is 1.59. The second-order valence-corrected chi connectivity index (χ2v) is 5.30. The molecule has 4 nitrogen and oxygen atoms in total. The van der Waals surface area contributed by atoms with E-state index in [1.807, 2.05) is 72.8 Å². The van der Waals surface area contributed by atoms with Crippen molar-refractivity contribution in [3.05, 3.63) is 78.9 Å². The van der Waals surface area contributed by atoms with E-state index in [9.17, 15) is 0 Å². The van der Waals surface area contributed by atoms with E-state index in [2.05, 4.69) is 26.7 Å². The number of aromatic amines is 1. The summed E-state index contributed by atoms with van der Waals surface area (Å²) in [5.74, 6) is 0.739. The first-order valence-electron chi connectivity index (χ1n) is 7.51. The van der Waals surface area contributed by atoms with Gasteiger partial charge in [-0.15, -0.1) is 0 Å². The first-order chi connectivity index (χ1) is 11.4. The van der Waals surface area contributed by atoms with Crippen molar-refractivity contribution < 1.29 is 0 Å². The maximum Gasteiger partial charge on any atom is 0.205 e. The fourth-order valence-corrected chi connectivity index (χ4v) is 2.49. The van der Waals surface area contributed by atoms with Gasteiger partial charge in [0, 0.05) is 17.1 Å². The highest BCUT2D eigenvalue weighted by molar-refractivity contribution is 5.83. The first kappa shape index (κ1) is 13.4. The van der Waals surface area contributed by atoms with Gasteiger partial charge in [-0.05, 0) is 42.5 Å². The van der Waals surface area contributed by atoms with Gasteiger partial charge in [-0.3, -0.25) is 0 Å². The molecule has 0 aliphatic heterocycles. The minimum atomic E-state index is 0.739. The van der Waals surface area contributed by atoms with Crippen molar-refractivity contribution in [3.63, 3.8) is 0 Å². The normalized spacial score (nSPS) is 10.6. The minimum absolute atomic E-state index is 0.739. The molecule has 3 aromatic carbocycles. The highest BCUT2D eigenvalue weighted by Gasteiger charge is 2.04. The van der Waals surface area contributed by atoms with Crippen LogP contribution in [0.25, 0.3) is 11.0 Å². The van der Waals surface area contributed by atoms with Crippen molar-refractivity contribution in [2.24, 2.45) is 0 Å². The number of benzene rings is 3. The lowest BCUT2D eigenvalue weighted by Crippen LogP contribution is -1.91. The van der Waals surface area contributed by atoms with E-state index < -0.39 is 0 Å². The second kappa shape index (κ2) is 5.85. The van der Waals surface area contributed by atoms with Crippen LogP contribution in [0.3, 0.4) is 0 Å². The third-order valence-electron chi connectivity index (χ3n) is 3.58. The van der Waals surface area contributed by atoms with Crippen molar-refractivity contribution in [3.8, 4) is 0 Å². The molecule has 0 amide bonds. The Bertz CT molecular complexity index is 874. The van der Waals surface area contributed by atoms with E-state index in [-0.39, 0.29) is 0 Å². The van der Waals surface area contributed by atoms with Crippen LogP contribution >= 0.6 is 0 Å². The predicted octanol–water partition coefficient (Wildman–Crippen LogP) is 5.05. The van der Waals surface area contributed by atoms with E-state index >= 15 is 0 Å². The van der Waals surface area contributed by atoms with Gasteiger partial charge < -0.3 is 15.6 Å². The molecule has 0 aliphatic carbocycles. The Kier molecular flexibility index (Phi) is 3.41. The first-order valence-corrected chi connectivity index (χ1v) is 7.51. The van der Waals surface area contributed by atoms with Crippen LogP contribution in [0.15, 0.2) is 78.9 Å². The van der Waals surface area contributed by atoms with Gasteiger partial charge in [0.15, 0.2) is 0 Å². The van der Waals surface area contributed by atoms with E-state index in [0.29, 0.717) is 0 Å². The molecule has 4 heteroatoms. The predicted molar refractivity (Wildman–Crippen MR) is 95.5 cm³/mol. The van der Waals surface area contributed by atoms with E-state index in [1.54, 1.807) is 0 Å². The number of nitrogens with zero attached hydrogens (tertiary/aromatic N) is 1. The average molecular weight is 300 g/mol. The second-order valence-electron chi connectivity index (χ2n) is 5.30. The quantitative estimate of drug-likeness (QED) is 0.494. The maximum atomic E-state index is 4.56. The lowest BCUT2D eigenvalue weighted by molar-refractivity contribution is 1.31. The average Bonchev–Trinajstić information content (AvgIpc) is 2.98. The van der Waals surface area contributed by atoms with Crippen LogP contribution in [0, 0.1) is 0 Å². The number of hydrogen-bond acceptors (Lipinski definition) is 3. The highest BCUT2D eigenvalue weighted by Crippen LogP contribution is 2.23. The van der Waals surface area contributed by atoms with Gasteiger partial charge >= 0.3 is 0 Å². The molecule has 4 rings (SSSR count). The van der Waals surface area contributed by atoms with Crippen molar-refractivity contribution in [1.29, 1.82) is 0 Å². The summed E-state index contributed by atoms with van der Waals surface area (Å²) in [7, 11) is 0. The lowest BCUT2D eigenvalue weighted by atomic mass is 10.2.